The van der Waals surface area contributed by atoms with Crippen molar-refractivity contribution in [3.63, 3.8) is 0 Å². The molecule has 2 aromatic rings. The monoisotopic (exact) mass is 275 g/mol. The molecule has 0 aliphatic heterocycles. The number of ether oxygens (including phenoxy) is 1. The molecule has 0 saturated carbocycles. The van der Waals surface area contributed by atoms with Crippen molar-refractivity contribution in [1.29, 1.82) is 0 Å². The first kappa shape index (κ1) is 13.6. The Morgan fingerprint density at radius 3 is 2.42 bits per heavy atom. The summed E-state index contributed by atoms with van der Waals surface area (Å²) in [7, 11) is 0. The van der Waals surface area contributed by atoms with Gasteiger partial charge < -0.3 is 10.5 Å². The average molecular weight is 275 g/mol. The Bertz CT molecular complexity index is 593. The third-order valence-corrected chi connectivity index (χ3v) is 3.98. The first-order valence-electron chi connectivity index (χ1n) is 6.06. The number of nitrogen functional groups attached to an aromatic ring is 1. The molecule has 4 heteroatoms. The lowest BCUT2D eigenvalue weighted by molar-refractivity contribution is 0.0478. The number of hydrogen-bond donors (Lipinski definition) is 1. The number of carbonyl (C=O) groups is 1. The normalized spacial score (nSPS) is 10.5. The number of carbonyl (C=O) groups excluding carboxylic acids is 1. The minimum absolute atomic E-state index is 0.286. The quantitative estimate of drug-likeness (QED) is 0.870. The van der Waals surface area contributed by atoms with Crippen molar-refractivity contribution in [2.24, 2.45) is 0 Å². The molecule has 0 aliphatic carbocycles. The molecule has 0 unspecified atom stereocenters. The maximum atomic E-state index is 11.9. The molecule has 2 N–H and O–H groups in total. The van der Waals surface area contributed by atoms with Gasteiger partial charge in [-0.1, -0.05) is 17.7 Å². The van der Waals surface area contributed by atoms with E-state index in [0.717, 1.165) is 16.7 Å². The molecule has 0 atom stereocenters. The second kappa shape index (κ2) is 5.45. The summed E-state index contributed by atoms with van der Waals surface area (Å²) in [5.41, 5.74) is 10.7. The van der Waals surface area contributed by atoms with Gasteiger partial charge in [0.15, 0.2) is 0 Å². The summed E-state index contributed by atoms with van der Waals surface area (Å²) in [6.45, 7) is 6.40. The second-order valence-electron chi connectivity index (χ2n) is 4.66. The zero-order chi connectivity index (χ0) is 14.0. The fourth-order valence-electron chi connectivity index (χ4n) is 2.13. The second-order valence-corrected chi connectivity index (χ2v) is 5.57. The van der Waals surface area contributed by atoms with E-state index < -0.39 is 0 Å². The maximum Gasteiger partial charge on any atom is 0.350 e. The highest BCUT2D eigenvalue weighted by molar-refractivity contribution is 7.12. The smallest absolute Gasteiger partial charge is 0.350 e. The third kappa shape index (κ3) is 2.96. The van der Waals surface area contributed by atoms with E-state index in [9.17, 15) is 4.79 Å². The SMILES string of the molecule is Cc1cc(C)c(COC(=O)c2sccc2N)c(C)c1. The molecule has 0 bridgehead atoms. The van der Waals surface area contributed by atoms with Crippen molar-refractivity contribution in [1.82, 2.24) is 0 Å². The topological polar surface area (TPSA) is 52.3 Å². The van der Waals surface area contributed by atoms with Crippen molar-refractivity contribution in [2.45, 2.75) is 27.4 Å². The van der Waals surface area contributed by atoms with Crippen LogP contribution >= 0.6 is 11.3 Å². The Morgan fingerprint density at radius 1 is 1.26 bits per heavy atom. The zero-order valence-corrected chi connectivity index (χ0v) is 12.1. The number of nitrogens with two attached hydrogens (primary N) is 1. The van der Waals surface area contributed by atoms with Crippen molar-refractivity contribution < 1.29 is 9.53 Å². The van der Waals surface area contributed by atoms with Crippen LogP contribution in [0.3, 0.4) is 0 Å². The van der Waals surface area contributed by atoms with Crippen LogP contribution in [0.25, 0.3) is 0 Å². The molecule has 0 amide bonds. The van der Waals surface area contributed by atoms with E-state index in [1.165, 1.54) is 16.9 Å². The van der Waals surface area contributed by atoms with E-state index in [4.69, 9.17) is 10.5 Å². The van der Waals surface area contributed by atoms with Gasteiger partial charge in [0, 0.05) is 0 Å². The lowest BCUT2D eigenvalue weighted by atomic mass is 10.0. The van der Waals surface area contributed by atoms with Gasteiger partial charge in [-0.25, -0.2) is 4.79 Å². The van der Waals surface area contributed by atoms with E-state index >= 15 is 0 Å². The standard InChI is InChI=1S/C15H17NO2S/c1-9-6-10(2)12(11(3)7-9)8-18-15(17)14-13(16)4-5-19-14/h4-7H,8,16H2,1-3H3. The number of thiophene rings is 1. The van der Waals surface area contributed by atoms with E-state index in [1.807, 2.05) is 13.8 Å². The van der Waals surface area contributed by atoms with Gasteiger partial charge in [0.2, 0.25) is 0 Å². The molecule has 3 nitrogen and oxygen atoms in total. The molecular weight excluding hydrogens is 258 g/mol. The van der Waals surface area contributed by atoms with Crippen molar-refractivity contribution in [2.75, 3.05) is 5.73 Å². The minimum atomic E-state index is -0.355. The highest BCUT2D eigenvalue weighted by atomic mass is 32.1. The predicted molar refractivity (Wildman–Crippen MR) is 78.5 cm³/mol. The summed E-state index contributed by atoms with van der Waals surface area (Å²) >= 11 is 1.30. The van der Waals surface area contributed by atoms with Crippen LogP contribution in [0.5, 0.6) is 0 Å². The Morgan fingerprint density at radius 2 is 1.89 bits per heavy atom. The Labute approximate surface area is 117 Å². The summed E-state index contributed by atoms with van der Waals surface area (Å²) in [5.74, 6) is -0.355. The van der Waals surface area contributed by atoms with Crippen LogP contribution in [-0.2, 0) is 11.3 Å². The van der Waals surface area contributed by atoms with Gasteiger partial charge >= 0.3 is 5.97 Å². The van der Waals surface area contributed by atoms with Crippen LogP contribution in [0.1, 0.15) is 31.9 Å². The van der Waals surface area contributed by atoms with Gasteiger partial charge in [-0.3, -0.25) is 0 Å². The molecule has 0 radical (unpaired) electrons. The number of anilines is 1. The molecule has 0 aliphatic rings. The molecule has 0 saturated heterocycles. The number of esters is 1. The highest BCUT2D eigenvalue weighted by Gasteiger charge is 2.14. The first-order valence-corrected chi connectivity index (χ1v) is 6.94. The first-order chi connectivity index (χ1) is 8.99. The van der Waals surface area contributed by atoms with E-state index in [-0.39, 0.29) is 12.6 Å². The largest absolute Gasteiger partial charge is 0.457 e. The van der Waals surface area contributed by atoms with Crippen LogP contribution in [0.2, 0.25) is 0 Å². The summed E-state index contributed by atoms with van der Waals surface area (Å²) in [5, 5.41) is 1.79. The summed E-state index contributed by atoms with van der Waals surface area (Å²) in [4.78, 5) is 12.4. The maximum absolute atomic E-state index is 11.9. The van der Waals surface area contributed by atoms with Gasteiger partial charge in [0.1, 0.15) is 11.5 Å². The molecule has 0 spiro atoms. The molecule has 0 fully saturated rings. The predicted octanol–water partition coefficient (Wildman–Crippen LogP) is 3.61. The molecule has 1 heterocycles. The molecular formula is C15H17NO2S. The van der Waals surface area contributed by atoms with Crippen molar-refractivity contribution >= 4 is 23.0 Å². The van der Waals surface area contributed by atoms with Crippen LogP contribution in [0.4, 0.5) is 5.69 Å². The van der Waals surface area contributed by atoms with Crippen LogP contribution in [0.15, 0.2) is 23.6 Å². The Balaban J connectivity index is 2.12. The van der Waals surface area contributed by atoms with Gasteiger partial charge in [0.05, 0.1) is 5.69 Å². The lowest BCUT2D eigenvalue weighted by Gasteiger charge is -2.11. The molecule has 2 rings (SSSR count). The fraction of sp³-hybridized carbons (Fsp3) is 0.267. The molecule has 1 aromatic carbocycles. The van der Waals surface area contributed by atoms with Crippen molar-refractivity contribution in [3.8, 4) is 0 Å². The third-order valence-electron chi connectivity index (χ3n) is 3.07. The zero-order valence-electron chi connectivity index (χ0n) is 11.3. The number of benzene rings is 1. The Hall–Kier alpha value is -1.81. The molecule has 1 aromatic heterocycles. The summed E-state index contributed by atoms with van der Waals surface area (Å²) in [6, 6.07) is 5.90. The molecule has 19 heavy (non-hydrogen) atoms. The fourth-order valence-corrected chi connectivity index (χ4v) is 2.84. The summed E-state index contributed by atoms with van der Waals surface area (Å²) in [6.07, 6.45) is 0. The van der Waals surface area contributed by atoms with E-state index in [0.29, 0.717) is 10.6 Å². The lowest BCUT2D eigenvalue weighted by Crippen LogP contribution is -2.07. The molecule has 100 valence electrons. The van der Waals surface area contributed by atoms with E-state index in [2.05, 4.69) is 19.1 Å². The van der Waals surface area contributed by atoms with Crippen LogP contribution in [-0.4, -0.2) is 5.97 Å². The van der Waals surface area contributed by atoms with Gasteiger partial charge in [-0.05, 0) is 48.9 Å². The van der Waals surface area contributed by atoms with Gasteiger partial charge in [0.25, 0.3) is 0 Å². The minimum Gasteiger partial charge on any atom is -0.457 e. The average Bonchev–Trinajstić information content (AvgIpc) is 2.73. The highest BCUT2D eigenvalue weighted by Crippen LogP contribution is 2.22. The number of aryl methyl sites for hydroxylation is 3. The van der Waals surface area contributed by atoms with Gasteiger partial charge in [-0.15, -0.1) is 11.3 Å². The summed E-state index contributed by atoms with van der Waals surface area (Å²) < 4.78 is 5.35. The number of rotatable bonds is 3. The van der Waals surface area contributed by atoms with Gasteiger partial charge in [-0.2, -0.15) is 0 Å². The van der Waals surface area contributed by atoms with Crippen LogP contribution < -0.4 is 5.73 Å². The Kier molecular flexibility index (Phi) is 3.90. The van der Waals surface area contributed by atoms with Crippen LogP contribution in [0, 0.1) is 20.8 Å². The van der Waals surface area contributed by atoms with E-state index in [1.54, 1.807) is 11.4 Å². The number of hydrogen-bond acceptors (Lipinski definition) is 4. The van der Waals surface area contributed by atoms with Crippen molar-refractivity contribution in [3.05, 3.63) is 50.7 Å².